The lowest BCUT2D eigenvalue weighted by atomic mass is 9.96. The Hall–Kier alpha value is -0.240. The summed E-state index contributed by atoms with van der Waals surface area (Å²) in [5.41, 5.74) is 0. The van der Waals surface area contributed by atoms with Gasteiger partial charge in [0.2, 0.25) is 5.91 Å². The molecule has 1 atom stereocenters. The topological polar surface area (TPSA) is 29.1 Å². The third-order valence-electron chi connectivity index (χ3n) is 2.12. The first-order chi connectivity index (χ1) is 5.74. The number of hydrogen-bond acceptors (Lipinski definition) is 1. The zero-order chi connectivity index (χ0) is 9.40. The largest absolute Gasteiger partial charge is 0.274 e. The van der Waals surface area contributed by atoms with Gasteiger partial charge in [0.25, 0.3) is 0 Å². The molecule has 2 nitrogen and oxygen atoms in total. The van der Waals surface area contributed by atoms with Crippen LogP contribution in [0.15, 0.2) is 0 Å². The molecule has 72 valence electrons. The van der Waals surface area contributed by atoms with Crippen LogP contribution in [0.2, 0.25) is 0 Å². The molecule has 0 aliphatic carbocycles. The summed E-state index contributed by atoms with van der Waals surface area (Å²) in [5, 5.41) is 0. The fourth-order valence-electron chi connectivity index (χ4n) is 1.24. The fraction of sp³-hybridized carbons (Fsp3) is 0.889. The quantitative estimate of drug-likeness (QED) is 0.643. The second kappa shape index (κ2) is 7.41. The standard InChI is InChI=1S/C9H18ClNO/c1-3-5-6-8(4-2)7-9(12)11-10/h8H,3-7H2,1-2H3,(H,11,12). The normalized spacial score (nSPS) is 12.6. The van der Waals surface area contributed by atoms with Gasteiger partial charge in [-0.1, -0.05) is 33.1 Å². The predicted octanol–water partition coefficient (Wildman–Crippen LogP) is 2.86. The van der Waals surface area contributed by atoms with E-state index in [4.69, 9.17) is 11.8 Å². The number of hydrogen-bond donors (Lipinski definition) is 1. The third kappa shape index (κ3) is 5.42. The molecule has 1 amide bonds. The maximum Gasteiger partial charge on any atom is 0.234 e. The molecule has 12 heavy (non-hydrogen) atoms. The molecule has 3 heteroatoms. The first kappa shape index (κ1) is 11.8. The minimum absolute atomic E-state index is 0.0559. The maximum atomic E-state index is 10.9. The summed E-state index contributed by atoms with van der Waals surface area (Å²) in [4.78, 5) is 13.0. The highest BCUT2D eigenvalue weighted by Gasteiger charge is 2.10. The van der Waals surface area contributed by atoms with Crippen molar-refractivity contribution in [1.29, 1.82) is 0 Å². The summed E-state index contributed by atoms with van der Waals surface area (Å²) in [6.07, 6.45) is 5.16. The number of rotatable bonds is 6. The summed E-state index contributed by atoms with van der Waals surface area (Å²) in [6.45, 7) is 4.27. The van der Waals surface area contributed by atoms with Crippen LogP contribution in [0.4, 0.5) is 0 Å². The van der Waals surface area contributed by atoms with Crippen LogP contribution in [0, 0.1) is 5.92 Å². The molecule has 0 saturated carbocycles. The summed E-state index contributed by atoms with van der Waals surface area (Å²) in [7, 11) is 0. The van der Waals surface area contributed by atoms with Gasteiger partial charge in [-0.3, -0.25) is 9.63 Å². The Morgan fingerprint density at radius 1 is 1.50 bits per heavy atom. The first-order valence-electron chi connectivity index (χ1n) is 4.64. The van der Waals surface area contributed by atoms with Crippen molar-refractivity contribution in [2.45, 2.75) is 46.0 Å². The Morgan fingerprint density at radius 3 is 2.58 bits per heavy atom. The van der Waals surface area contributed by atoms with Crippen molar-refractivity contribution in [3.05, 3.63) is 0 Å². The van der Waals surface area contributed by atoms with E-state index in [9.17, 15) is 4.79 Å². The summed E-state index contributed by atoms with van der Waals surface area (Å²) < 4.78 is 0. The zero-order valence-corrected chi connectivity index (χ0v) is 8.66. The molecule has 1 unspecified atom stereocenters. The van der Waals surface area contributed by atoms with Crippen LogP contribution in [-0.4, -0.2) is 5.91 Å². The molecule has 0 rings (SSSR count). The average molecular weight is 192 g/mol. The number of carbonyl (C=O) groups excluding carboxylic acids is 1. The Bertz CT molecular complexity index is 128. The van der Waals surface area contributed by atoms with Crippen molar-refractivity contribution in [2.24, 2.45) is 5.92 Å². The highest BCUT2D eigenvalue weighted by molar-refractivity contribution is 6.21. The Balaban J connectivity index is 3.59. The summed E-state index contributed by atoms with van der Waals surface area (Å²) >= 11 is 5.19. The second-order valence-electron chi connectivity index (χ2n) is 3.14. The van der Waals surface area contributed by atoms with Crippen molar-refractivity contribution in [3.63, 3.8) is 0 Å². The number of carbonyl (C=O) groups is 1. The smallest absolute Gasteiger partial charge is 0.234 e. The molecular formula is C9H18ClNO. The van der Waals surface area contributed by atoms with E-state index < -0.39 is 0 Å². The van der Waals surface area contributed by atoms with E-state index in [0.717, 1.165) is 12.8 Å². The van der Waals surface area contributed by atoms with Crippen molar-refractivity contribution in [2.75, 3.05) is 0 Å². The molecule has 0 bridgehead atoms. The van der Waals surface area contributed by atoms with Gasteiger partial charge in [0.1, 0.15) is 0 Å². The van der Waals surface area contributed by atoms with Crippen LogP contribution in [0.25, 0.3) is 0 Å². The number of amides is 1. The fourth-order valence-corrected chi connectivity index (χ4v) is 1.32. The van der Waals surface area contributed by atoms with E-state index in [0.29, 0.717) is 12.3 Å². The van der Waals surface area contributed by atoms with Crippen molar-refractivity contribution in [3.8, 4) is 0 Å². The van der Waals surface area contributed by atoms with Crippen LogP contribution in [0.1, 0.15) is 46.0 Å². The molecule has 0 fully saturated rings. The third-order valence-corrected chi connectivity index (χ3v) is 2.33. The van der Waals surface area contributed by atoms with Gasteiger partial charge in [-0.15, -0.1) is 0 Å². The lowest BCUT2D eigenvalue weighted by Crippen LogP contribution is -2.16. The Labute approximate surface area is 79.8 Å². The SMILES string of the molecule is CCCCC(CC)CC(=O)NCl. The van der Waals surface area contributed by atoms with Gasteiger partial charge in [-0.05, 0) is 12.3 Å². The van der Waals surface area contributed by atoms with Gasteiger partial charge in [0.05, 0.1) is 0 Å². The molecule has 0 spiro atoms. The van der Waals surface area contributed by atoms with E-state index >= 15 is 0 Å². The molecular weight excluding hydrogens is 174 g/mol. The van der Waals surface area contributed by atoms with Crippen molar-refractivity contribution in [1.82, 2.24) is 4.84 Å². The highest BCUT2D eigenvalue weighted by Crippen LogP contribution is 2.16. The maximum absolute atomic E-state index is 10.9. The van der Waals surface area contributed by atoms with Crippen LogP contribution in [-0.2, 0) is 4.79 Å². The van der Waals surface area contributed by atoms with E-state index in [-0.39, 0.29) is 5.91 Å². The second-order valence-corrected chi connectivity index (χ2v) is 3.33. The van der Waals surface area contributed by atoms with Gasteiger partial charge in [-0.2, -0.15) is 0 Å². The molecule has 0 aromatic rings. The number of unbranched alkanes of at least 4 members (excludes halogenated alkanes) is 1. The van der Waals surface area contributed by atoms with Gasteiger partial charge in [-0.25, -0.2) is 0 Å². The summed E-state index contributed by atoms with van der Waals surface area (Å²) in [6, 6.07) is 0. The van der Waals surface area contributed by atoms with E-state index in [1.807, 2.05) is 0 Å². The van der Waals surface area contributed by atoms with Crippen molar-refractivity contribution < 1.29 is 4.79 Å². The van der Waals surface area contributed by atoms with Gasteiger partial charge in [0, 0.05) is 18.2 Å². The molecule has 0 saturated heterocycles. The molecule has 0 aromatic carbocycles. The minimum atomic E-state index is -0.0559. The monoisotopic (exact) mass is 191 g/mol. The molecule has 0 heterocycles. The average Bonchev–Trinajstić information content (AvgIpc) is 2.11. The number of nitrogens with one attached hydrogen (secondary N) is 1. The van der Waals surface area contributed by atoms with E-state index in [1.165, 1.54) is 12.8 Å². The number of halogens is 1. The molecule has 0 aliphatic rings. The Morgan fingerprint density at radius 2 is 2.17 bits per heavy atom. The minimum Gasteiger partial charge on any atom is -0.274 e. The summed E-state index contributed by atoms with van der Waals surface area (Å²) in [5.74, 6) is 0.448. The van der Waals surface area contributed by atoms with Crippen molar-refractivity contribution >= 4 is 17.7 Å². The lowest BCUT2D eigenvalue weighted by molar-refractivity contribution is -0.120. The lowest BCUT2D eigenvalue weighted by Gasteiger charge is -2.11. The first-order valence-corrected chi connectivity index (χ1v) is 5.01. The zero-order valence-electron chi connectivity index (χ0n) is 7.90. The van der Waals surface area contributed by atoms with Gasteiger partial charge < -0.3 is 0 Å². The molecule has 0 aromatic heterocycles. The van der Waals surface area contributed by atoms with Gasteiger partial charge in [0.15, 0.2) is 0 Å². The molecule has 0 aliphatic heterocycles. The van der Waals surface area contributed by atoms with Crippen LogP contribution >= 0.6 is 11.8 Å². The molecule has 0 radical (unpaired) electrons. The highest BCUT2D eigenvalue weighted by atomic mass is 35.5. The van der Waals surface area contributed by atoms with Crippen LogP contribution in [0.5, 0.6) is 0 Å². The predicted molar refractivity (Wildman–Crippen MR) is 51.9 cm³/mol. The van der Waals surface area contributed by atoms with E-state index in [1.54, 1.807) is 0 Å². The van der Waals surface area contributed by atoms with E-state index in [2.05, 4.69) is 18.7 Å². The Kier molecular flexibility index (Phi) is 7.26. The van der Waals surface area contributed by atoms with Crippen LogP contribution in [0.3, 0.4) is 0 Å². The van der Waals surface area contributed by atoms with Gasteiger partial charge >= 0.3 is 0 Å². The molecule has 1 N–H and O–H groups in total. The van der Waals surface area contributed by atoms with Crippen LogP contribution < -0.4 is 4.84 Å².